The van der Waals surface area contributed by atoms with E-state index in [0.717, 1.165) is 23.8 Å². The number of benzene rings is 1. The number of hydrogen-bond acceptors (Lipinski definition) is 2. The number of nitrogens with zero attached hydrogens (tertiary/aromatic N) is 1. The van der Waals surface area contributed by atoms with Crippen LogP contribution in [-0.2, 0) is 6.54 Å². The van der Waals surface area contributed by atoms with E-state index in [0.29, 0.717) is 18.5 Å². The second-order valence-electron chi connectivity index (χ2n) is 6.90. The smallest absolute Gasteiger partial charge is 0.189 e. The normalized spacial score (nSPS) is 19.2. The summed E-state index contributed by atoms with van der Waals surface area (Å²) in [6.45, 7) is 1.41. The Kier molecular flexibility index (Phi) is 8.15. The number of ether oxygens (including phenoxy) is 1. The Morgan fingerprint density at radius 1 is 1.08 bits per heavy atom. The van der Waals surface area contributed by atoms with Crippen LogP contribution in [0.15, 0.2) is 29.3 Å². The van der Waals surface area contributed by atoms with Gasteiger partial charge in [-0.25, -0.2) is 4.99 Å². The van der Waals surface area contributed by atoms with Gasteiger partial charge >= 0.3 is 0 Å². The highest BCUT2D eigenvalue weighted by molar-refractivity contribution is 14.0. The van der Waals surface area contributed by atoms with Crippen molar-refractivity contribution in [2.75, 3.05) is 6.61 Å². The molecule has 2 fully saturated rings. The van der Waals surface area contributed by atoms with Crippen LogP contribution in [0.2, 0.25) is 0 Å². The van der Waals surface area contributed by atoms with Crippen molar-refractivity contribution in [3.05, 3.63) is 29.8 Å². The molecule has 0 heterocycles. The molecule has 0 aromatic heterocycles. The lowest BCUT2D eigenvalue weighted by Gasteiger charge is -2.17. The first-order chi connectivity index (χ1) is 11.3. The van der Waals surface area contributed by atoms with E-state index in [-0.39, 0.29) is 24.0 Å². The Morgan fingerprint density at radius 2 is 1.79 bits per heavy atom. The first-order valence-electron chi connectivity index (χ1n) is 9.08. The van der Waals surface area contributed by atoms with Crippen molar-refractivity contribution in [1.82, 2.24) is 5.32 Å². The molecule has 1 aromatic rings. The minimum Gasteiger partial charge on any atom is -0.493 e. The lowest BCUT2D eigenvalue weighted by Crippen LogP contribution is -2.39. The molecule has 0 amide bonds. The average molecular weight is 443 g/mol. The largest absolute Gasteiger partial charge is 0.493 e. The van der Waals surface area contributed by atoms with Gasteiger partial charge in [-0.2, -0.15) is 0 Å². The summed E-state index contributed by atoms with van der Waals surface area (Å²) in [6.07, 6.45) is 10.3. The molecule has 3 rings (SSSR count). The molecule has 0 radical (unpaired) electrons. The van der Waals surface area contributed by atoms with Crippen LogP contribution in [0, 0.1) is 5.92 Å². The molecule has 0 aliphatic heterocycles. The lowest BCUT2D eigenvalue weighted by molar-refractivity contribution is 0.297. The minimum absolute atomic E-state index is 0. The fourth-order valence-electron chi connectivity index (χ4n) is 3.12. The van der Waals surface area contributed by atoms with E-state index in [4.69, 9.17) is 10.5 Å². The predicted molar refractivity (Wildman–Crippen MR) is 110 cm³/mol. The highest BCUT2D eigenvalue weighted by Crippen LogP contribution is 2.30. The van der Waals surface area contributed by atoms with Crippen LogP contribution in [0.3, 0.4) is 0 Å². The number of guanidine groups is 1. The van der Waals surface area contributed by atoms with Gasteiger partial charge in [0, 0.05) is 11.6 Å². The Labute approximate surface area is 162 Å². The van der Waals surface area contributed by atoms with Crippen LogP contribution in [0.1, 0.15) is 56.9 Å². The summed E-state index contributed by atoms with van der Waals surface area (Å²) in [5, 5.41) is 3.40. The monoisotopic (exact) mass is 443 g/mol. The maximum absolute atomic E-state index is 6.08. The van der Waals surface area contributed by atoms with Gasteiger partial charge in [-0.05, 0) is 37.7 Å². The third-order valence-corrected chi connectivity index (χ3v) is 4.77. The third kappa shape index (κ3) is 6.49. The van der Waals surface area contributed by atoms with Crippen molar-refractivity contribution in [2.45, 2.75) is 64.0 Å². The number of para-hydroxylation sites is 1. The van der Waals surface area contributed by atoms with Crippen molar-refractivity contribution >= 4 is 29.9 Å². The van der Waals surface area contributed by atoms with E-state index >= 15 is 0 Å². The molecule has 0 unspecified atom stereocenters. The summed E-state index contributed by atoms with van der Waals surface area (Å²) in [6, 6.07) is 8.64. The zero-order chi connectivity index (χ0) is 15.9. The highest BCUT2D eigenvalue weighted by Gasteiger charge is 2.22. The van der Waals surface area contributed by atoms with Crippen LogP contribution in [0.4, 0.5) is 0 Å². The standard InChI is InChI=1S/C19H29N3O.HI/c20-19(22-17-8-3-1-2-4-9-17)21-13-16-7-5-6-10-18(16)23-14-15-11-12-15;/h5-7,10,15,17H,1-4,8-9,11-14H2,(H3,20,21,22);1H. The van der Waals surface area contributed by atoms with Gasteiger partial charge in [0.25, 0.3) is 0 Å². The van der Waals surface area contributed by atoms with Gasteiger partial charge in [-0.15, -0.1) is 24.0 Å². The van der Waals surface area contributed by atoms with E-state index in [9.17, 15) is 0 Å². The Balaban J connectivity index is 0.00000208. The summed E-state index contributed by atoms with van der Waals surface area (Å²) in [5.74, 6) is 2.27. The molecule has 4 nitrogen and oxygen atoms in total. The highest BCUT2D eigenvalue weighted by atomic mass is 127. The number of rotatable bonds is 6. The third-order valence-electron chi connectivity index (χ3n) is 4.77. The predicted octanol–water partition coefficient (Wildman–Crippen LogP) is 4.22. The van der Waals surface area contributed by atoms with E-state index in [1.165, 1.54) is 51.4 Å². The molecule has 2 aliphatic rings. The summed E-state index contributed by atoms with van der Waals surface area (Å²) < 4.78 is 5.93. The van der Waals surface area contributed by atoms with Gasteiger partial charge in [0.1, 0.15) is 5.75 Å². The van der Waals surface area contributed by atoms with E-state index in [2.05, 4.69) is 16.4 Å². The summed E-state index contributed by atoms with van der Waals surface area (Å²) in [4.78, 5) is 4.53. The summed E-state index contributed by atoms with van der Waals surface area (Å²) in [7, 11) is 0. The summed E-state index contributed by atoms with van der Waals surface area (Å²) in [5.41, 5.74) is 7.19. The van der Waals surface area contributed by atoms with Crippen LogP contribution in [-0.4, -0.2) is 18.6 Å². The molecule has 2 saturated carbocycles. The second kappa shape index (κ2) is 10.1. The van der Waals surface area contributed by atoms with Crippen molar-refractivity contribution in [1.29, 1.82) is 0 Å². The number of halogens is 1. The van der Waals surface area contributed by atoms with Crippen LogP contribution < -0.4 is 15.8 Å². The number of nitrogens with two attached hydrogens (primary N) is 1. The molecule has 0 bridgehead atoms. The topological polar surface area (TPSA) is 59.6 Å². The molecule has 134 valence electrons. The van der Waals surface area contributed by atoms with Gasteiger partial charge < -0.3 is 15.8 Å². The Bertz CT molecular complexity index is 523. The fraction of sp³-hybridized carbons (Fsp3) is 0.632. The summed E-state index contributed by atoms with van der Waals surface area (Å²) >= 11 is 0. The molecule has 24 heavy (non-hydrogen) atoms. The molecule has 0 spiro atoms. The van der Waals surface area contributed by atoms with E-state index in [1.807, 2.05) is 18.2 Å². The first kappa shape index (κ1) is 19.3. The molecular formula is C19H30IN3O. The van der Waals surface area contributed by atoms with Gasteiger partial charge in [0.05, 0.1) is 13.2 Å². The van der Waals surface area contributed by atoms with Crippen molar-refractivity contribution < 1.29 is 4.74 Å². The van der Waals surface area contributed by atoms with Gasteiger partial charge in [-0.1, -0.05) is 43.9 Å². The SMILES string of the molecule is I.NC(=NCc1ccccc1OCC1CC1)NC1CCCCCC1. The van der Waals surface area contributed by atoms with Crippen LogP contribution >= 0.6 is 24.0 Å². The van der Waals surface area contributed by atoms with Crippen molar-refractivity contribution in [3.8, 4) is 5.75 Å². The number of nitrogens with one attached hydrogen (secondary N) is 1. The molecule has 2 aliphatic carbocycles. The van der Waals surface area contributed by atoms with Crippen molar-refractivity contribution in [3.63, 3.8) is 0 Å². The molecule has 0 atom stereocenters. The molecule has 3 N–H and O–H groups in total. The lowest BCUT2D eigenvalue weighted by atomic mass is 10.1. The Morgan fingerprint density at radius 3 is 2.50 bits per heavy atom. The average Bonchev–Trinajstić information content (AvgIpc) is 3.39. The zero-order valence-electron chi connectivity index (χ0n) is 14.4. The maximum atomic E-state index is 6.08. The first-order valence-corrected chi connectivity index (χ1v) is 9.08. The number of hydrogen-bond donors (Lipinski definition) is 2. The molecule has 1 aromatic carbocycles. The maximum Gasteiger partial charge on any atom is 0.189 e. The van der Waals surface area contributed by atoms with Crippen LogP contribution in [0.25, 0.3) is 0 Å². The van der Waals surface area contributed by atoms with Crippen molar-refractivity contribution in [2.24, 2.45) is 16.6 Å². The molecular weight excluding hydrogens is 413 g/mol. The minimum atomic E-state index is 0. The Hall–Kier alpha value is -0.980. The van der Waals surface area contributed by atoms with Gasteiger partial charge in [-0.3, -0.25) is 0 Å². The quantitative estimate of drug-likeness (QED) is 0.300. The van der Waals surface area contributed by atoms with Crippen LogP contribution in [0.5, 0.6) is 5.75 Å². The van der Waals surface area contributed by atoms with E-state index in [1.54, 1.807) is 0 Å². The zero-order valence-corrected chi connectivity index (χ0v) is 16.7. The van der Waals surface area contributed by atoms with Gasteiger partial charge in [0.2, 0.25) is 0 Å². The second-order valence-corrected chi connectivity index (χ2v) is 6.90. The fourth-order valence-corrected chi connectivity index (χ4v) is 3.12. The molecule has 5 heteroatoms. The van der Waals surface area contributed by atoms with E-state index < -0.39 is 0 Å². The van der Waals surface area contributed by atoms with Gasteiger partial charge in [0.15, 0.2) is 5.96 Å². The molecule has 0 saturated heterocycles. The number of aliphatic imine (C=N–C) groups is 1.